The first-order valence-corrected chi connectivity index (χ1v) is 11.5. The molecule has 1 aromatic carbocycles. The second-order valence-corrected chi connectivity index (χ2v) is 9.64. The molecule has 0 aliphatic carbocycles. The third-order valence-electron chi connectivity index (χ3n) is 4.75. The number of fused-ring (bicyclic) bond motifs is 1. The first-order chi connectivity index (χ1) is 13.1. The van der Waals surface area contributed by atoms with Gasteiger partial charge in [0.1, 0.15) is 4.90 Å². The van der Waals surface area contributed by atoms with Gasteiger partial charge in [-0.3, -0.25) is 4.40 Å². The Kier molecular flexibility index (Phi) is 5.21. The first-order valence-electron chi connectivity index (χ1n) is 9.08. The molecule has 27 heavy (non-hydrogen) atoms. The van der Waals surface area contributed by atoms with Crippen molar-refractivity contribution in [3.63, 3.8) is 0 Å². The highest BCUT2D eigenvalue weighted by atomic mass is 32.2. The largest absolute Gasteiger partial charge is 0.276 e. The highest BCUT2D eigenvalue weighted by Gasteiger charge is 2.29. The third-order valence-corrected chi connectivity index (χ3v) is 7.68. The van der Waals surface area contributed by atoms with Gasteiger partial charge in [-0.2, -0.15) is 4.31 Å². The molecule has 1 aliphatic rings. The molecule has 0 radical (unpaired) electrons. The van der Waals surface area contributed by atoms with E-state index >= 15 is 0 Å². The molecule has 1 fully saturated rings. The van der Waals surface area contributed by atoms with Crippen molar-refractivity contribution in [3.8, 4) is 0 Å². The SMILES string of the molecule is Cc1cccc(CSc2nnc3c(S(=O)(=O)N4CCCCC4)cccn23)c1. The zero-order chi connectivity index (χ0) is 18.9. The van der Waals surface area contributed by atoms with Crippen LogP contribution in [0.25, 0.3) is 5.65 Å². The molecule has 3 aromatic rings. The van der Waals surface area contributed by atoms with Crippen molar-refractivity contribution >= 4 is 27.4 Å². The fourth-order valence-electron chi connectivity index (χ4n) is 3.36. The minimum atomic E-state index is -3.55. The minimum absolute atomic E-state index is 0.238. The van der Waals surface area contributed by atoms with Crippen molar-refractivity contribution in [2.24, 2.45) is 0 Å². The fourth-order valence-corrected chi connectivity index (χ4v) is 5.86. The number of nitrogens with zero attached hydrogens (tertiary/aromatic N) is 4. The van der Waals surface area contributed by atoms with Crippen LogP contribution >= 0.6 is 11.8 Å². The number of pyridine rings is 1. The summed E-state index contributed by atoms with van der Waals surface area (Å²) in [4.78, 5) is 0.238. The average molecular weight is 403 g/mol. The summed E-state index contributed by atoms with van der Waals surface area (Å²) in [7, 11) is -3.55. The van der Waals surface area contributed by atoms with Crippen LogP contribution in [0.15, 0.2) is 52.6 Å². The fraction of sp³-hybridized carbons (Fsp3) is 0.368. The molecule has 4 rings (SSSR count). The lowest BCUT2D eigenvalue weighted by Gasteiger charge is -2.25. The van der Waals surface area contributed by atoms with Crippen molar-refractivity contribution in [1.29, 1.82) is 0 Å². The Morgan fingerprint density at radius 2 is 1.89 bits per heavy atom. The Balaban J connectivity index is 1.63. The van der Waals surface area contributed by atoms with E-state index in [1.807, 2.05) is 12.3 Å². The van der Waals surface area contributed by atoms with Gasteiger partial charge < -0.3 is 0 Å². The lowest BCUT2D eigenvalue weighted by Crippen LogP contribution is -2.35. The van der Waals surface area contributed by atoms with Gasteiger partial charge in [0, 0.05) is 25.0 Å². The molecular formula is C19H22N4O2S2. The second-order valence-electron chi connectivity index (χ2n) is 6.79. The van der Waals surface area contributed by atoms with Gasteiger partial charge >= 0.3 is 0 Å². The summed E-state index contributed by atoms with van der Waals surface area (Å²) in [6, 6.07) is 11.7. The zero-order valence-corrected chi connectivity index (χ0v) is 16.8. The summed E-state index contributed by atoms with van der Waals surface area (Å²) in [6.45, 7) is 3.22. The summed E-state index contributed by atoms with van der Waals surface area (Å²) >= 11 is 1.55. The van der Waals surface area contributed by atoms with E-state index in [-0.39, 0.29) is 4.90 Å². The van der Waals surface area contributed by atoms with E-state index in [1.165, 1.54) is 11.1 Å². The van der Waals surface area contributed by atoms with E-state index in [9.17, 15) is 8.42 Å². The summed E-state index contributed by atoms with van der Waals surface area (Å²) < 4.78 is 29.5. The van der Waals surface area contributed by atoms with E-state index in [0.717, 1.165) is 25.0 Å². The van der Waals surface area contributed by atoms with Crippen LogP contribution in [0.2, 0.25) is 0 Å². The van der Waals surface area contributed by atoms with E-state index in [1.54, 1.807) is 32.6 Å². The normalized spacial score (nSPS) is 16.0. The van der Waals surface area contributed by atoms with Crippen molar-refractivity contribution < 1.29 is 8.42 Å². The average Bonchev–Trinajstić information content (AvgIpc) is 3.10. The Hall–Kier alpha value is -1.90. The van der Waals surface area contributed by atoms with Crippen molar-refractivity contribution in [2.75, 3.05) is 13.1 Å². The van der Waals surface area contributed by atoms with Gasteiger partial charge in [0.2, 0.25) is 10.0 Å². The zero-order valence-electron chi connectivity index (χ0n) is 15.2. The summed E-state index contributed by atoms with van der Waals surface area (Å²) in [6.07, 6.45) is 4.73. The second kappa shape index (κ2) is 7.61. The Morgan fingerprint density at radius 3 is 2.67 bits per heavy atom. The molecule has 6 nitrogen and oxygen atoms in total. The molecule has 0 atom stereocenters. The lowest BCUT2D eigenvalue weighted by molar-refractivity contribution is 0.347. The molecule has 1 saturated heterocycles. The first kappa shape index (κ1) is 18.5. The topological polar surface area (TPSA) is 67.6 Å². The summed E-state index contributed by atoms with van der Waals surface area (Å²) in [5.41, 5.74) is 2.82. The van der Waals surface area contributed by atoms with Crippen LogP contribution in [0.4, 0.5) is 0 Å². The van der Waals surface area contributed by atoms with Crippen molar-refractivity contribution in [1.82, 2.24) is 18.9 Å². The van der Waals surface area contributed by atoms with E-state index < -0.39 is 10.0 Å². The maximum atomic E-state index is 13.1. The molecule has 0 N–H and O–H groups in total. The summed E-state index contributed by atoms with van der Waals surface area (Å²) in [5, 5.41) is 9.14. The number of hydrogen-bond donors (Lipinski definition) is 0. The number of sulfonamides is 1. The number of hydrogen-bond acceptors (Lipinski definition) is 5. The van der Waals surface area contributed by atoms with Crippen molar-refractivity contribution in [2.45, 2.75) is 42.0 Å². The number of piperidine rings is 1. The molecule has 2 aromatic heterocycles. The van der Waals surface area contributed by atoms with E-state index in [2.05, 4.69) is 35.3 Å². The van der Waals surface area contributed by atoms with Crippen LogP contribution in [0.5, 0.6) is 0 Å². The molecular weight excluding hydrogens is 380 g/mol. The maximum Gasteiger partial charge on any atom is 0.246 e. The van der Waals surface area contributed by atoms with E-state index in [0.29, 0.717) is 23.9 Å². The molecule has 8 heteroatoms. The predicted molar refractivity (Wildman–Crippen MR) is 106 cm³/mol. The molecule has 0 bridgehead atoms. The van der Waals surface area contributed by atoms with Gasteiger partial charge in [-0.1, -0.05) is 48.0 Å². The number of thioether (sulfide) groups is 1. The molecule has 0 saturated carbocycles. The predicted octanol–water partition coefficient (Wildman–Crippen LogP) is 3.50. The smallest absolute Gasteiger partial charge is 0.246 e. The van der Waals surface area contributed by atoms with Crippen LogP contribution in [0, 0.1) is 6.92 Å². The molecule has 0 unspecified atom stereocenters. The quantitative estimate of drug-likeness (QED) is 0.611. The minimum Gasteiger partial charge on any atom is -0.276 e. The van der Waals surface area contributed by atoms with Crippen LogP contribution < -0.4 is 0 Å². The standard InChI is InChI=1S/C19H22N4O2S2/c1-15-7-5-8-16(13-15)14-26-19-21-20-18-17(9-6-12-23(18)19)27(24,25)22-10-3-2-4-11-22/h5-9,12-13H,2-4,10-11,14H2,1H3. The molecule has 0 amide bonds. The van der Waals surface area contributed by atoms with Gasteiger partial charge in [-0.15, -0.1) is 10.2 Å². The van der Waals surface area contributed by atoms with Crippen LogP contribution in [-0.4, -0.2) is 40.4 Å². The van der Waals surface area contributed by atoms with Crippen LogP contribution in [-0.2, 0) is 15.8 Å². The maximum absolute atomic E-state index is 13.1. The number of benzene rings is 1. The number of aryl methyl sites for hydroxylation is 1. The lowest BCUT2D eigenvalue weighted by atomic mass is 10.2. The van der Waals surface area contributed by atoms with Gasteiger partial charge in [-0.25, -0.2) is 8.42 Å². The highest BCUT2D eigenvalue weighted by molar-refractivity contribution is 7.98. The Bertz CT molecular complexity index is 1060. The highest BCUT2D eigenvalue weighted by Crippen LogP contribution is 2.27. The monoisotopic (exact) mass is 402 g/mol. The van der Waals surface area contributed by atoms with Gasteiger partial charge in [0.15, 0.2) is 10.8 Å². The number of rotatable bonds is 5. The molecule has 3 heterocycles. The molecule has 1 aliphatic heterocycles. The van der Waals surface area contributed by atoms with Gasteiger partial charge in [0.05, 0.1) is 0 Å². The van der Waals surface area contributed by atoms with E-state index in [4.69, 9.17) is 0 Å². The van der Waals surface area contributed by atoms with Gasteiger partial charge in [0.25, 0.3) is 0 Å². The third kappa shape index (κ3) is 3.74. The molecule has 0 spiro atoms. The summed E-state index contributed by atoms with van der Waals surface area (Å²) in [5.74, 6) is 0.756. The van der Waals surface area contributed by atoms with Crippen molar-refractivity contribution in [3.05, 3.63) is 53.7 Å². The Morgan fingerprint density at radius 1 is 1.07 bits per heavy atom. The van der Waals surface area contributed by atoms with Crippen LogP contribution in [0.1, 0.15) is 30.4 Å². The Labute approximate surface area is 163 Å². The number of aromatic nitrogens is 3. The van der Waals surface area contributed by atoms with Gasteiger partial charge in [-0.05, 0) is 37.5 Å². The molecule has 142 valence electrons. The van der Waals surface area contributed by atoms with Crippen LogP contribution in [0.3, 0.4) is 0 Å².